The molecule has 0 bridgehead atoms. The van der Waals surface area contributed by atoms with Crippen molar-refractivity contribution in [1.82, 2.24) is 14.6 Å². The lowest BCUT2D eigenvalue weighted by molar-refractivity contribution is 0.178. The summed E-state index contributed by atoms with van der Waals surface area (Å²) in [6.07, 6.45) is 5.63. The van der Waals surface area contributed by atoms with Crippen molar-refractivity contribution in [2.75, 3.05) is 26.2 Å². The number of sulfonamides is 1. The number of hydrogen-bond acceptors (Lipinski definition) is 5. The fraction of sp³-hybridized carbons (Fsp3) is 0.500. The van der Waals surface area contributed by atoms with E-state index in [0.717, 1.165) is 49.4 Å². The van der Waals surface area contributed by atoms with Gasteiger partial charge in [0.05, 0.1) is 11.5 Å². The van der Waals surface area contributed by atoms with Gasteiger partial charge in [0.2, 0.25) is 10.0 Å². The molecule has 29 heavy (non-hydrogen) atoms. The summed E-state index contributed by atoms with van der Waals surface area (Å²) in [5.41, 5.74) is 2.95. The van der Waals surface area contributed by atoms with Crippen LogP contribution in [0.25, 0.3) is 0 Å². The Hall–Kier alpha value is -1.96. The van der Waals surface area contributed by atoms with E-state index < -0.39 is 10.0 Å². The molecule has 2 heterocycles. The van der Waals surface area contributed by atoms with Gasteiger partial charge in [-0.1, -0.05) is 0 Å². The van der Waals surface area contributed by atoms with Gasteiger partial charge in [0, 0.05) is 25.5 Å². The van der Waals surface area contributed by atoms with Gasteiger partial charge in [-0.3, -0.25) is 9.88 Å². The molecule has 0 spiro atoms. The highest BCUT2D eigenvalue weighted by Gasteiger charge is 2.23. The number of likely N-dealkylation sites (tertiary alicyclic amines) is 1. The van der Waals surface area contributed by atoms with Crippen LogP contribution in [-0.4, -0.2) is 44.5 Å². The minimum atomic E-state index is -3.52. The third-order valence-corrected chi connectivity index (χ3v) is 6.86. The van der Waals surface area contributed by atoms with Crippen LogP contribution in [-0.2, 0) is 16.6 Å². The third kappa shape index (κ3) is 5.78. The Kier molecular flexibility index (Phi) is 7.27. The van der Waals surface area contributed by atoms with Crippen LogP contribution >= 0.6 is 0 Å². The minimum Gasteiger partial charge on any atom is -0.493 e. The lowest BCUT2D eigenvalue weighted by Crippen LogP contribution is -2.38. The molecular weight excluding hydrogens is 386 g/mol. The number of aromatic nitrogens is 1. The molecule has 0 aliphatic carbocycles. The summed E-state index contributed by atoms with van der Waals surface area (Å²) in [6.45, 7) is 9.62. The first kappa shape index (κ1) is 21.7. The van der Waals surface area contributed by atoms with E-state index in [0.29, 0.717) is 24.0 Å². The second-order valence-electron chi connectivity index (χ2n) is 7.75. The van der Waals surface area contributed by atoms with E-state index in [2.05, 4.69) is 14.6 Å². The number of piperidine rings is 1. The van der Waals surface area contributed by atoms with Gasteiger partial charge in [0.15, 0.2) is 0 Å². The molecule has 1 aromatic heterocycles. The zero-order chi connectivity index (χ0) is 20.9. The summed E-state index contributed by atoms with van der Waals surface area (Å²) in [7, 11) is -3.52. The van der Waals surface area contributed by atoms with Crippen LogP contribution in [0.1, 0.15) is 36.5 Å². The maximum absolute atomic E-state index is 12.8. The normalized spacial score (nSPS) is 16.1. The Morgan fingerprint density at radius 1 is 1.14 bits per heavy atom. The van der Waals surface area contributed by atoms with E-state index in [1.807, 2.05) is 45.3 Å². The molecule has 0 saturated carbocycles. The molecule has 1 saturated heterocycles. The Balaban J connectivity index is 1.53. The summed E-state index contributed by atoms with van der Waals surface area (Å²) in [6, 6.07) is 7.47. The number of ether oxygens (including phenoxy) is 1. The van der Waals surface area contributed by atoms with Crippen LogP contribution in [0.2, 0.25) is 0 Å². The monoisotopic (exact) mass is 417 g/mol. The Bertz CT molecular complexity index is 885. The Morgan fingerprint density at radius 3 is 2.34 bits per heavy atom. The number of aryl methyl sites for hydroxylation is 2. The van der Waals surface area contributed by atoms with Gasteiger partial charge < -0.3 is 4.74 Å². The van der Waals surface area contributed by atoms with Gasteiger partial charge in [-0.05, 0) is 93.6 Å². The van der Waals surface area contributed by atoms with E-state index in [4.69, 9.17) is 4.74 Å². The third-order valence-electron chi connectivity index (χ3n) is 5.46. The molecule has 1 aliphatic rings. The zero-order valence-corrected chi connectivity index (χ0v) is 18.3. The molecule has 158 valence electrons. The molecule has 3 rings (SSSR count). The molecule has 0 amide bonds. The summed E-state index contributed by atoms with van der Waals surface area (Å²) >= 11 is 0. The van der Waals surface area contributed by atoms with Crippen LogP contribution < -0.4 is 9.46 Å². The summed E-state index contributed by atoms with van der Waals surface area (Å²) in [5, 5.41) is 0. The van der Waals surface area contributed by atoms with Crippen molar-refractivity contribution in [3.8, 4) is 5.75 Å². The predicted molar refractivity (Wildman–Crippen MR) is 115 cm³/mol. The van der Waals surface area contributed by atoms with E-state index >= 15 is 0 Å². The lowest BCUT2D eigenvalue weighted by Gasteiger charge is -2.32. The standard InChI is InChI=1S/C22H31N3O3S/c1-4-28-22-17(2)13-21(14-18(22)3)29(26,27)24-15-19-7-11-25(12-8-19)16-20-5-9-23-10-6-20/h5-6,9-10,13-14,19,24H,4,7-8,11-12,15-16H2,1-3H3. The van der Waals surface area contributed by atoms with Crippen LogP contribution in [0.4, 0.5) is 0 Å². The topological polar surface area (TPSA) is 71.5 Å². The van der Waals surface area contributed by atoms with Gasteiger partial charge in [0.25, 0.3) is 0 Å². The first-order valence-corrected chi connectivity index (χ1v) is 11.7. The molecule has 2 aromatic rings. The first-order valence-electron chi connectivity index (χ1n) is 10.2. The molecule has 7 heteroatoms. The average Bonchev–Trinajstić information content (AvgIpc) is 2.71. The van der Waals surface area contributed by atoms with Gasteiger partial charge in [0.1, 0.15) is 5.75 Å². The number of nitrogens with zero attached hydrogens (tertiary/aromatic N) is 2. The highest BCUT2D eigenvalue weighted by molar-refractivity contribution is 7.89. The summed E-state index contributed by atoms with van der Waals surface area (Å²) in [5.74, 6) is 1.14. The summed E-state index contributed by atoms with van der Waals surface area (Å²) < 4.78 is 34.0. The van der Waals surface area contributed by atoms with Crippen LogP contribution in [0, 0.1) is 19.8 Å². The zero-order valence-electron chi connectivity index (χ0n) is 17.5. The van der Waals surface area contributed by atoms with Crippen LogP contribution in [0.5, 0.6) is 5.75 Å². The molecule has 1 fully saturated rings. The molecule has 6 nitrogen and oxygen atoms in total. The van der Waals surface area contributed by atoms with Gasteiger partial charge in [-0.25, -0.2) is 13.1 Å². The smallest absolute Gasteiger partial charge is 0.240 e. The molecule has 1 N–H and O–H groups in total. The Labute approximate surface area is 174 Å². The summed E-state index contributed by atoms with van der Waals surface area (Å²) in [4.78, 5) is 6.78. The first-order chi connectivity index (χ1) is 13.9. The van der Waals surface area contributed by atoms with Crippen LogP contribution in [0.15, 0.2) is 41.6 Å². The van der Waals surface area contributed by atoms with Crippen molar-refractivity contribution in [2.24, 2.45) is 5.92 Å². The average molecular weight is 418 g/mol. The lowest BCUT2D eigenvalue weighted by atomic mass is 9.97. The van der Waals surface area contributed by atoms with E-state index in [1.165, 1.54) is 5.56 Å². The molecule has 1 aliphatic heterocycles. The van der Waals surface area contributed by atoms with E-state index in [-0.39, 0.29) is 0 Å². The van der Waals surface area contributed by atoms with Crippen LogP contribution in [0.3, 0.4) is 0 Å². The SMILES string of the molecule is CCOc1c(C)cc(S(=O)(=O)NCC2CCN(Cc3ccncc3)CC2)cc1C. The van der Waals surface area contributed by atoms with E-state index in [9.17, 15) is 8.42 Å². The second-order valence-corrected chi connectivity index (χ2v) is 9.51. The highest BCUT2D eigenvalue weighted by atomic mass is 32.2. The van der Waals surface area contributed by atoms with Gasteiger partial charge >= 0.3 is 0 Å². The number of rotatable bonds is 8. The van der Waals surface area contributed by atoms with Crippen molar-refractivity contribution in [1.29, 1.82) is 0 Å². The number of hydrogen-bond donors (Lipinski definition) is 1. The number of benzene rings is 1. The van der Waals surface area contributed by atoms with Crippen molar-refractivity contribution in [3.63, 3.8) is 0 Å². The molecule has 0 unspecified atom stereocenters. The van der Waals surface area contributed by atoms with Gasteiger partial charge in [-0.15, -0.1) is 0 Å². The quantitative estimate of drug-likeness (QED) is 0.714. The molecule has 0 radical (unpaired) electrons. The largest absolute Gasteiger partial charge is 0.493 e. The van der Waals surface area contributed by atoms with Crippen molar-refractivity contribution in [2.45, 2.75) is 45.1 Å². The Morgan fingerprint density at radius 2 is 1.76 bits per heavy atom. The van der Waals surface area contributed by atoms with Crippen molar-refractivity contribution in [3.05, 3.63) is 53.3 Å². The van der Waals surface area contributed by atoms with Gasteiger partial charge in [-0.2, -0.15) is 0 Å². The fourth-order valence-corrected chi connectivity index (χ4v) is 5.13. The molecule has 0 atom stereocenters. The van der Waals surface area contributed by atoms with Crippen molar-refractivity contribution >= 4 is 10.0 Å². The fourth-order valence-electron chi connectivity index (χ4n) is 3.84. The maximum Gasteiger partial charge on any atom is 0.240 e. The molecule has 1 aromatic carbocycles. The molecular formula is C22H31N3O3S. The minimum absolute atomic E-state index is 0.311. The predicted octanol–water partition coefficient (Wildman–Crippen LogP) is 3.29. The maximum atomic E-state index is 12.8. The number of nitrogens with one attached hydrogen (secondary N) is 1. The second kappa shape index (κ2) is 9.69. The van der Waals surface area contributed by atoms with E-state index in [1.54, 1.807) is 12.1 Å². The number of pyridine rings is 1. The van der Waals surface area contributed by atoms with Crippen molar-refractivity contribution < 1.29 is 13.2 Å². The highest BCUT2D eigenvalue weighted by Crippen LogP contribution is 2.27.